The highest BCUT2D eigenvalue weighted by molar-refractivity contribution is 5.83. The van der Waals surface area contributed by atoms with Gasteiger partial charge < -0.3 is 5.32 Å². The molecule has 2 fully saturated rings. The number of benzene rings is 2. The number of hydrogen-bond acceptors (Lipinski definition) is 2. The fraction of sp³-hybridized carbons (Fsp3) is 0.500. The lowest BCUT2D eigenvalue weighted by molar-refractivity contribution is -0.128. The molecule has 2 aromatic carbocycles. The summed E-state index contributed by atoms with van der Waals surface area (Å²) >= 11 is 0. The van der Waals surface area contributed by atoms with Crippen molar-refractivity contribution in [2.75, 3.05) is 13.1 Å². The molecule has 0 spiro atoms. The van der Waals surface area contributed by atoms with Gasteiger partial charge in [0, 0.05) is 6.04 Å². The van der Waals surface area contributed by atoms with Crippen LogP contribution in [0.3, 0.4) is 0 Å². The van der Waals surface area contributed by atoms with Crippen molar-refractivity contribution in [1.82, 2.24) is 10.2 Å². The molecule has 1 atom stereocenters. The van der Waals surface area contributed by atoms with Gasteiger partial charge in [-0.3, -0.25) is 9.69 Å². The van der Waals surface area contributed by atoms with Gasteiger partial charge in [-0.25, -0.2) is 0 Å². The Hall–Kier alpha value is -2.13. The van der Waals surface area contributed by atoms with E-state index in [0.29, 0.717) is 12.0 Å². The molecular formula is C26H34N2O. The van der Waals surface area contributed by atoms with Gasteiger partial charge in [-0.05, 0) is 69.2 Å². The van der Waals surface area contributed by atoms with Crippen molar-refractivity contribution in [3.63, 3.8) is 0 Å². The van der Waals surface area contributed by atoms with E-state index in [0.717, 1.165) is 50.8 Å². The number of carbonyl (C=O) groups is 1. The summed E-state index contributed by atoms with van der Waals surface area (Å²) in [5.74, 6) is 0.910. The second-order valence-electron chi connectivity index (χ2n) is 8.97. The Balaban J connectivity index is 1.43. The Morgan fingerprint density at radius 3 is 2.28 bits per heavy atom. The largest absolute Gasteiger partial charge is 0.352 e. The van der Waals surface area contributed by atoms with Crippen molar-refractivity contribution < 1.29 is 4.79 Å². The number of aryl methyl sites for hydroxylation is 1. The van der Waals surface area contributed by atoms with Crippen molar-refractivity contribution in [2.24, 2.45) is 5.92 Å². The Morgan fingerprint density at radius 1 is 0.966 bits per heavy atom. The third kappa shape index (κ3) is 5.27. The number of rotatable bonds is 6. The lowest BCUT2D eigenvalue weighted by atomic mass is 9.88. The van der Waals surface area contributed by atoms with E-state index in [1.54, 1.807) is 0 Å². The number of nitrogens with zero attached hydrogens (tertiary/aromatic N) is 1. The van der Waals surface area contributed by atoms with Gasteiger partial charge in [0.15, 0.2) is 0 Å². The molecule has 29 heavy (non-hydrogen) atoms. The molecule has 1 saturated carbocycles. The Labute approximate surface area is 175 Å². The second kappa shape index (κ2) is 9.58. The number of nitrogens with one attached hydrogen (secondary N) is 1. The molecule has 0 bridgehead atoms. The highest BCUT2D eigenvalue weighted by Crippen LogP contribution is 2.30. The van der Waals surface area contributed by atoms with Gasteiger partial charge in [0.25, 0.3) is 0 Å². The normalized spacial score (nSPS) is 19.9. The molecule has 1 N–H and O–H groups in total. The molecule has 0 radical (unpaired) electrons. The number of likely N-dealkylation sites (tertiary alicyclic amines) is 1. The summed E-state index contributed by atoms with van der Waals surface area (Å²) < 4.78 is 0. The Kier molecular flexibility index (Phi) is 6.66. The van der Waals surface area contributed by atoms with Crippen LogP contribution < -0.4 is 5.32 Å². The van der Waals surface area contributed by atoms with E-state index in [1.807, 2.05) is 0 Å². The first-order valence-electron chi connectivity index (χ1n) is 11.3. The average Bonchev–Trinajstić information content (AvgIpc) is 3.25. The van der Waals surface area contributed by atoms with E-state index in [-0.39, 0.29) is 11.9 Å². The fourth-order valence-electron chi connectivity index (χ4n) is 4.99. The van der Waals surface area contributed by atoms with E-state index in [1.165, 1.54) is 24.0 Å². The third-order valence-corrected chi connectivity index (χ3v) is 6.72. The lowest BCUT2D eigenvalue weighted by Gasteiger charge is -2.37. The van der Waals surface area contributed by atoms with Crippen molar-refractivity contribution in [2.45, 2.75) is 64.0 Å². The first-order valence-corrected chi connectivity index (χ1v) is 11.3. The van der Waals surface area contributed by atoms with Crippen LogP contribution in [0.4, 0.5) is 0 Å². The predicted octanol–water partition coefficient (Wildman–Crippen LogP) is 5.05. The minimum Gasteiger partial charge on any atom is -0.352 e. The van der Waals surface area contributed by atoms with E-state index < -0.39 is 0 Å². The summed E-state index contributed by atoms with van der Waals surface area (Å²) in [6.45, 7) is 4.09. The maximum absolute atomic E-state index is 13.3. The molecule has 4 rings (SSSR count). The van der Waals surface area contributed by atoms with Gasteiger partial charge in [-0.2, -0.15) is 0 Å². The quantitative estimate of drug-likeness (QED) is 0.749. The highest BCUT2D eigenvalue weighted by Gasteiger charge is 2.32. The maximum atomic E-state index is 13.3. The molecule has 1 aliphatic carbocycles. The van der Waals surface area contributed by atoms with Crippen LogP contribution in [-0.2, 0) is 11.2 Å². The fourth-order valence-corrected chi connectivity index (χ4v) is 4.99. The van der Waals surface area contributed by atoms with Gasteiger partial charge in [-0.1, -0.05) is 73.0 Å². The summed E-state index contributed by atoms with van der Waals surface area (Å²) in [4.78, 5) is 15.7. The van der Waals surface area contributed by atoms with Crippen molar-refractivity contribution in [1.29, 1.82) is 0 Å². The molecule has 1 saturated heterocycles. The van der Waals surface area contributed by atoms with Crippen molar-refractivity contribution in [3.8, 4) is 0 Å². The minimum atomic E-state index is -0.158. The number of hydrogen-bond donors (Lipinski definition) is 1. The number of amides is 1. The second-order valence-corrected chi connectivity index (χ2v) is 8.97. The van der Waals surface area contributed by atoms with E-state index in [4.69, 9.17) is 0 Å². The van der Waals surface area contributed by atoms with Crippen molar-refractivity contribution >= 4 is 5.91 Å². The molecule has 154 valence electrons. The summed E-state index contributed by atoms with van der Waals surface area (Å²) in [5, 5.41) is 3.36. The molecule has 2 aromatic rings. The Bertz CT molecular complexity index is 772. The van der Waals surface area contributed by atoms with Crippen LogP contribution in [0.15, 0.2) is 54.6 Å². The molecule has 1 aliphatic heterocycles. The van der Waals surface area contributed by atoms with Crippen LogP contribution in [0.1, 0.15) is 61.3 Å². The zero-order valence-corrected chi connectivity index (χ0v) is 17.6. The lowest BCUT2D eigenvalue weighted by Crippen LogP contribution is -2.46. The molecule has 0 unspecified atom stereocenters. The zero-order chi connectivity index (χ0) is 20.1. The van der Waals surface area contributed by atoms with E-state index in [9.17, 15) is 4.79 Å². The average molecular weight is 391 g/mol. The predicted molar refractivity (Wildman–Crippen MR) is 119 cm³/mol. The number of carbonyl (C=O) groups excluding carboxylic acids is 1. The van der Waals surface area contributed by atoms with Crippen LogP contribution in [0.5, 0.6) is 0 Å². The van der Waals surface area contributed by atoms with Gasteiger partial charge >= 0.3 is 0 Å². The molecule has 1 heterocycles. The SMILES string of the molecule is Cc1ccc([C@H](C(=O)NC2CCCC2)N2CCC(Cc3ccccc3)CC2)cc1. The number of piperidine rings is 1. The van der Waals surface area contributed by atoms with E-state index >= 15 is 0 Å². The molecule has 1 amide bonds. The first kappa shape index (κ1) is 20.2. The van der Waals surface area contributed by atoms with Gasteiger partial charge in [0.2, 0.25) is 5.91 Å². The third-order valence-electron chi connectivity index (χ3n) is 6.72. The van der Waals surface area contributed by atoms with Crippen LogP contribution in [-0.4, -0.2) is 29.9 Å². The summed E-state index contributed by atoms with van der Waals surface area (Å²) in [7, 11) is 0. The van der Waals surface area contributed by atoms with Gasteiger partial charge in [0.1, 0.15) is 6.04 Å². The van der Waals surface area contributed by atoms with Crippen molar-refractivity contribution in [3.05, 3.63) is 71.3 Å². The van der Waals surface area contributed by atoms with Crippen LogP contribution >= 0.6 is 0 Å². The van der Waals surface area contributed by atoms with Crippen LogP contribution in [0, 0.1) is 12.8 Å². The topological polar surface area (TPSA) is 32.3 Å². The molecule has 3 heteroatoms. The zero-order valence-electron chi connectivity index (χ0n) is 17.6. The molecule has 3 nitrogen and oxygen atoms in total. The highest BCUT2D eigenvalue weighted by atomic mass is 16.2. The molecule has 0 aromatic heterocycles. The summed E-state index contributed by atoms with van der Waals surface area (Å²) in [5.41, 5.74) is 3.80. The van der Waals surface area contributed by atoms with Gasteiger partial charge in [-0.15, -0.1) is 0 Å². The Morgan fingerprint density at radius 2 is 1.62 bits per heavy atom. The monoisotopic (exact) mass is 390 g/mol. The molecule has 2 aliphatic rings. The standard InChI is InChI=1S/C26H34N2O/c1-20-11-13-23(14-12-20)25(26(29)27-24-9-5-6-10-24)28-17-15-22(16-18-28)19-21-7-3-2-4-8-21/h2-4,7-8,11-14,22,24-25H,5-6,9-10,15-19H2,1H3,(H,27,29)/t25-/m1/s1. The maximum Gasteiger partial charge on any atom is 0.242 e. The minimum absolute atomic E-state index is 0.158. The summed E-state index contributed by atoms with van der Waals surface area (Å²) in [6, 6.07) is 19.6. The summed E-state index contributed by atoms with van der Waals surface area (Å²) in [6.07, 6.45) is 8.22. The van der Waals surface area contributed by atoms with Crippen LogP contribution in [0.2, 0.25) is 0 Å². The first-order chi connectivity index (χ1) is 14.2. The van der Waals surface area contributed by atoms with E-state index in [2.05, 4.69) is 71.7 Å². The smallest absolute Gasteiger partial charge is 0.242 e. The van der Waals surface area contributed by atoms with Gasteiger partial charge in [0.05, 0.1) is 0 Å². The molecular weight excluding hydrogens is 356 g/mol. The van der Waals surface area contributed by atoms with Crippen LogP contribution in [0.25, 0.3) is 0 Å².